The Morgan fingerprint density at radius 2 is 2.00 bits per heavy atom. The number of nitrogens with zero attached hydrogens (tertiary/aromatic N) is 1. The highest BCUT2D eigenvalue weighted by atomic mass is 16.5. The van der Waals surface area contributed by atoms with E-state index in [1.54, 1.807) is 7.11 Å². The summed E-state index contributed by atoms with van der Waals surface area (Å²) in [6.07, 6.45) is 0.725. The van der Waals surface area contributed by atoms with Crippen LogP contribution < -0.4 is 4.74 Å². The fourth-order valence-corrected chi connectivity index (χ4v) is 1.57. The second-order valence-electron chi connectivity index (χ2n) is 4.11. The molecule has 17 heavy (non-hydrogen) atoms. The maximum Gasteiger partial charge on any atom is 0.242 e. The van der Waals surface area contributed by atoms with Crippen molar-refractivity contribution in [3.05, 3.63) is 29.8 Å². The molecule has 1 atom stereocenters. The number of benzene rings is 1. The lowest BCUT2D eigenvalue weighted by atomic mass is 9.98. The number of ether oxygens (including phenoxy) is 1. The van der Waals surface area contributed by atoms with Crippen LogP contribution >= 0.6 is 0 Å². The first-order valence-electron chi connectivity index (χ1n) is 5.65. The monoisotopic (exact) mass is 237 g/mol. The Kier molecular flexibility index (Phi) is 4.97. The summed E-state index contributed by atoms with van der Waals surface area (Å²) >= 11 is 0. The van der Waals surface area contributed by atoms with Crippen molar-refractivity contribution < 1.29 is 14.7 Å². The summed E-state index contributed by atoms with van der Waals surface area (Å²) in [5.41, 5.74) is 1.17. The molecule has 4 heteroatoms. The van der Waals surface area contributed by atoms with Crippen LogP contribution in [0.4, 0.5) is 0 Å². The van der Waals surface area contributed by atoms with Gasteiger partial charge in [0.05, 0.1) is 7.11 Å². The van der Waals surface area contributed by atoms with Crippen LogP contribution in [0.25, 0.3) is 0 Å². The predicted octanol–water partition coefficient (Wildman–Crippen LogP) is 2.43. The third kappa shape index (κ3) is 4.07. The number of methoxy groups -OCH3 is 1. The van der Waals surface area contributed by atoms with Crippen LogP contribution in [-0.4, -0.2) is 29.8 Å². The number of hydrogen-bond acceptors (Lipinski definition) is 3. The molecular weight excluding hydrogens is 218 g/mol. The zero-order chi connectivity index (χ0) is 12.8. The van der Waals surface area contributed by atoms with Crippen molar-refractivity contribution >= 4 is 5.91 Å². The van der Waals surface area contributed by atoms with Gasteiger partial charge in [-0.05, 0) is 30.0 Å². The molecule has 0 radical (unpaired) electrons. The fraction of sp³-hybridized carbons (Fsp3) is 0.462. The lowest BCUT2D eigenvalue weighted by Gasteiger charge is -2.16. The summed E-state index contributed by atoms with van der Waals surface area (Å²) in [6.45, 7) is 3.76. The molecule has 4 nitrogen and oxygen atoms in total. The van der Waals surface area contributed by atoms with E-state index in [0.29, 0.717) is 6.54 Å². The first kappa shape index (κ1) is 13.5. The highest BCUT2D eigenvalue weighted by Gasteiger charge is 2.09. The number of hydroxylamine groups is 2. The van der Waals surface area contributed by atoms with E-state index in [9.17, 15) is 10.0 Å². The van der Waals surface area contributed by atoms with Crippen LogP contribution in [-0.2, 0) is 4.79 Å². The lowest BCUT2D eigenvalue weighted by molar-refractivity contribution is -0.162. The van der Waals surface area contributed by atoms with Gasteiger partial charge in [0.15, 0.2) is 0 Å². The van der Waals surface area contributed by atoms with E-state index < -0.39 is 0 Å². The summed E-state index contributed by atoms with van der Waals surface area (Å²) in [5, 5.41) is 10.0. The van der Waals surface area contributed by atoms with Crippen LogP contribution in [0.5, 0.6) is 5.75 Å². The van der Waals surface area contributed by atoms with Gasteiger partial charge in [-0.1, -0.05) is 19.1 Å². The highest BCUT2D eigenvalue weighted by molar-refractivity contribution is 5.71. The van der Waals surface area contributed by atoms with Crippen molar-refractivity contribution in [1.82, 2.24) is 5.06 Å². The number of amides is 1. The van der Waals surface area contributed by atoms with Gasteiger partial charge >= 0.3 is 0 Å². The van der Waals surface area contributed by atoms with Gasteiger partial charge in [0.25, 0.3) is 0 Å². The molecule has 94 valence electrons. The maximum absolute atomic E-state index is 10.8. The van der Waals surface area contributed by atoms with Crippen molar-refractivity contribution in [2.45, 2.75) is 26.2 Å². The normalized spacial score (nSPS) is 12.0. The molecule has 0 aromatic heterocycles. The van der Waals surface area contributed by atoms with E-state index in [1.807, 2.05) is 24.3 Å². The average Bonchev–Trinajstić information content (AvgIpc) is 2.35. The summed E-state index contributed by atoms with van der Waals surface area (Å²) in [4.78, 5) is 10.8. The topological polar surface area (TPSA) is 49.8 Å². The van der Waals surface area contributed by atoms with E-state index in [-0.39, 0.29) is 11.8 Å². The molecule has 1 aromatic carbocycles. The van der Waals surface area contributed by atoms with Crippen molar-refractivity contribution in [1.29, 1.82) is 0 Å². The van der Waals surface area contributed by atoms with Gasteiger partial charge < -0.3 is 4.74 Å². The standard InChI is InChI=1S/C13H19NO3/c1-10(8-9-14(16)11(2)15)12-4-6-13(17-3)7-5-12/h4-7,10,16H,8-9H2,1-3H3. The van der Waals surface area contributed by atoms with Crippen LogP contribution in [0.2, 0.25) is 0 Å². The minimum atomic E-state index is -0.327. The van der Waals surface area contributed by atoms with Gasteiger partial charge in [-0.15, -0.1) is 0 Å². The zero-order valence-corrected chi connectivity index (χ0v) is 10.5. The van der Waals surface area contributed by atoms with E-state index in [1.165, 1.54) is 12.5 Å². The molecular formula is C13H19NO3. The molecule has 0 aliphatic rings. The molecule has 1 aromatic rings. The third-order valence-electron chi connectivity index (χ3n) is 2.82. The average molecular weight is 237 g/mol. The van der Waals surface area contributed by atoms with E-state index in [2.05, 4.69) is 6.92 Å². The van der Waals surface area contributed by atoms with Crippen molar-refractivity contribution in [2.24, 2.45) is 0 Å². The van der Waals surface area contributed by atoms with Gasteiger partial charge in [0.1, 0.15) is 5.75 Å². The first-order chi connectivity index (χ1) is 8.04. The molecule has 0 aliphatic carbocycles. The van der Waals surface area contributed by atoms with Gasteiger partial charge in [0, 0.05) is 13.5 Å². The van der Waals surface area contributed by atoms with Crippen LogP contribution in [0, 0.1) is 0 Å². The molecule has 0 bridgehead atoms. The Morgan fingerprint density at radius 1 is 1.41 bits per heavy atom. The molecule has 0 saturated carbocycles. The molecule has 1 rings (SSSR count). The van der Waals surface area contributed by atoms with Gasteiger partial charge in [-0.2, -0.15) is 0 Å². The number of carbonyl (C=O) groups is 1. The molecule has 0 aliphatic heterocycles. The Bertz CT molecular complexity index is 361. The summed E-state index contributed by atoms with van der Waals surface area (Å²) in [5.74, 6) is 0.787. The van der Waals surface area contributed by atoms with E-state index >= 15 is 0 Å². The molecule has 0 heterocycles. The van der Waals surface area contributed by atoms with Gasteiger partial charge in [-0.25, -0.2) is 5.06 Å². The Balaban J connectivity index is 2.51. The lowest BCUT2D eigenvalue weighted by Crippen LogP contribution is -2.26. The number of hydrogen-bond donors (Lipinski definition) is 1. The van der Waals surface area contributed by atoms with Gasteiger partial charge in [0.2, 0.25) is 5.91 Å². The van der Waals surface area contributed by atoms with Crippen LogP contribution in [0.1, 0.15) is 31.7 Å². The van der Waals surface area contributed by atoms with E-state index in [4.69, 9.17) is 4.74 Å². The van der Waals surface area contributed by atoms with E-state index in [0.717, 1.165) is 17.2 Å². The third-order valence-corrected chi connectivity index (χ3v) is 2.82. The molecule has 0 saturated heterocycles. The smallest absolute Gasteiger partial charge is 0.242 e. The Hall–Kier alpha value is -1.55. The second kappa shape index (κ2) is 6.25. The summed E-state index contributed by atoms with van der Waals surface area (Å²) < 4.78 is 5.09. The minimum Gasteiger partial charge on any atom is -0.497 e. The highest BCUT2D eigenvalue weighted by Crippen LogP contribution is 2.21. The molecule has 0 fully saturated rings. The van der Waals surface area contributed by atoms with Crippen molar-refractivity contribution in [2.75, 3.05) is 13.7 Å². The largest absolute Gasteiger partial charge is 0.497 e. The summed E-state index contributed by atoms with van der Waals surface area (Å²) in [6, 6.07) is 7.82. The molecule has 1 amide bonds. The van der Waals surface area contributed by atoms with Crippen molar-refractivity contribution in [3.63, 3.8) is 0 Å². The quantitative estimate of drug-likeness (QED) is 0.632. The minimum absolute atomic E-state index is 0.287. The Morgan fingerprint density at radius 3 is 2.47 bits per heavy atom. The zero-order valence-electron chi connectivity index (χ0n) is 10.5. The second-order valence-corrected chi connectivity index (χ2v) is 4.11. The Labute approximate surface area is 102 Å². The van der Waals surface area contributed by atoms with Gasteiger partial charge in [-0.3, -0.25) is 10.0 Å². The molecule has 1 N–H and O–H groups in total. The predicted molar refractivity (Wildman–Crippen MR) is 65.2 cm³/mol. The molecule has 1 unspecified atom stereocenters. The van der Waals surface area contributed by atoms with Crippen molar-refractivity contribution in [3.8, 4) is 5.75 Å². The first-order valence-corrected chi connectivity index (χ1v) is 5.65. The summed E-state index contributed by atoms with van der Waals surface area (Å²) in [7, 11) is 1.63. The maximum atomic E-state index is 10.8. The molecule has 0 spiro atoms. The number of carbonyl (C=O) groups excluding carboxylic acids is 1. The SMILES string of the molecule is COc1ccc(C(C)CCN(O)C(C)=O)cc1. The van der Waals surface area contributed by atoms with Crippen LogP contribution in [0.15, 0.2) is 24.3 Å². The fourth-order valence-electron chi connectivity index (χ4n) is 1.57. The number of rotatable bonds is 5. The van der Waals surface area contributed by atoms with Crippen LogP contribution in [0.3, 0.4) is 0 Å².